The second-order valence-electron chi connectivity index (χ2n) is 4.56. The summed E-state index contributed by atoms with van der Waals surface area (Å²) in [6.07, 6.45) is 1.21. The monoisotopic (exact) mass is 243 g/mol. The molecular weight excluding hydrogens is 226 g/mol. The summed E-state index contributed by atoms with van der Waals surface area (Å²) in [5, 5.41) is 5.81. The van der Waals surface area contributed by atoms with Crippen LogP contribution >= 0.6 is 11.3 Å². The molecule has 2 atom stereocenters. The first kappa shape index (κ1) is 11.0. The summed E-state index contributed by atoms with van der Waals surface area (Å²) in [6, 6.07) is 13.7. The van der Waals surface area contributed by atoms with E-state index in [2.05, 4.69) is 54.0 Å². The van der Waals surface area contributed by atoms with Gasteiger partial charge in [-0.1, -0.05) is 37.3 Å². The fraction of sp³-hybridized carbons (Fsp3) is 0.333. The molecule has 1 aromatic heterocycles. The third-order valence-corrected chi connectivity index (χ3v) is 4.53. The van der Waals surface area contributed by atoms with Gasteiger partial charge in [0.25, 0.3) is 0 Å². The molecule has 0 bridgehead atoms. The van der Waals surface area contributed by atoms with Crippen LogP contribution in [0.15, 0.2) is 41.8 Å². The van der Waals surface area contributed by atoms with Gasteiger partial charge >= 0.3 is 0 Å². The standard InChI is InChI=1S/C15H17NS/c1-2-16-15(14-8-5-9-17-14)13-10-11-6-3-4-7-12(11)13/h3-9,13,15-16H,2,10H2,1H3. The summed E-state index contributed by atoms with van der Waals surface area (Å²) >= 11 is 1.86. The molecule has 2 aromatic rings. The minimum atomic E-state index is 0.495. The maximum Gasteiger partial charge on any atom is 0.0487 e. The summed E-state index contributed by atoms with van der Waals surface area (Å²) < 4.78 is 0. The van der Waals surface area contributed by atoms with Crippen LogP contribution in [0.3, 0.4) is 0 Å². The van der Waals surface area contributed by atoms with Gasteiger partial charge in [0, 0.05) is 16.8 Å². The molecule has 1 nitrogen and oxygen atoms in total. The molecule has 0 fully saturated rings. The lowest BCUT2D eigenvalue weighted by molar-refractivity contribution is 0.425. The molecule has 88 valence electrons. The first-order valence-corrected chi connectivity index (χ1v) is 7.12. The zero-order chi connectivity index (χ0) is 11.7. The number of nitrogens with one attached hydrogen (secondary N) is 1. The Balaban J connectivity index is 1.88. The Morgan fingerprint density at radius 2 is 2.18 bits per heavy atom. The second kappa shape index (κ2) is 4.63. The van der Waals surface area contributed by atoms with Gasteiger partial charge in [-0.05, 0) is 35.5 Å². The molecule has 1 aliphatic rings. The van der Waals surface area contributed by atoms with Crippen LogP contribution in [0.1, 0.15) is 34.9 Å². The van der Waals surface area contributed by atoms with Crippen molar-refractivity contribution in [1.29, 1.82) is 0 Å². The summed E-state index contributed by atoms with van der Waals surface area (Å²) in [7, 11) is 0. The zero-order valence-electron chi connectivity index (χ0n) is 10.0. The summed E-state index contributed by atoms with van der Waals surface area (Å²) in [5.41, 5.74) is 3.06. The second-order valence-corrected chi connectivity index (χ2v) is 5.54. The number of hydrogen-bond donors (Lipinski definition) is 1. The molecule has 0 saturated heterocycles. The van der Waals surface area contributed by atoms with Crippen LogP contribution in [0.25, 0.3) is 0 Å². The molecule has 1 N–H and O–H groups in total. The molecule has 0 radical (unpaired) electrons. The van der Waals surface area contributed by atoms with Gasteiger partial charge in [-0.3, -0.25) is 0 Å². The molecule has 1 heterocycles. The van der Waals surface area contributed by atoms with Crippen LogP contribution in [0.5, 0.6) is 0 Å². The average Bonchev–Trinajstić information content (AvgIpc) is 2.83. The first-order chi connectivity index (χ1) is 8.40. The predicted molar refractivity (Wildman–Crippen MR) is 73.6 cm³/mol. The Morgan fingerprint density at radius 1 is 1.29 bits per heavy atom. The highest BCUT2D eigenvalue weighted by Gasteiger charge is 2.33. The van der Waals surface area contributed by atoms with Crippen molar-refractivity contribution in [3.8, 4) is 0 Å². The van der Waals surface area contributed by atoms with E-state index in [0.29, 0.717) is 12.0 Å². The number of hydrogen-bond acceptors (Lipinski definition) is 2. The smallest absolute Gasteiger partial charge is 0.0487 e. The van der Waals surface area contributed by atoms with Crippen molar-refractivity contribution < 1.29 is 0 Å². The normalized spacial score (nSPS) is 19.5. The van der Waals surface area contributed by atoms with Crippen molar-refractivity contribution in [2.45, 2.75) is 25.3 Å². The predicted octanol–water partition coefficient (Wildman–Crippen LogP) is 3.74. The maximum atomic E-state index is 3.64. The number of thiophene rings is 1. The van der Waals surface area contributed by atoms with Crippen LogP contribution in [0, 0.1) is 0 Å². The van der Waals surface area contributed by atoms with Crippen molar-refractivity contribution in [1.82, 2.24) is 5.32 Å². The maximum absolute atomic E-state index is 3.64. The minimum absolute atomic E-state index is 0.495. The zero-order valence-corrected chi connectivity index (χ0v) is 10.8. The highest BCUT2D eigenvalue weighted by atomic mass is 32.1. The molecule has 2 unspecified atom stereocenters. The highest BCUT2D eigenvalue weighted by Crippen LogP contribution is 2.44. The third kappa shape index (κ3) is 1.92. The van der Waals surface area contributed by atoms with Crippen LogP contribution in [0.4, 0.5) is 0 Å². The molecule has 1 aromatic carbocycles. The number of rotatable bonds is 4. The Morgan fingerprint density at radius 3 is 2.88 bits per heavy atom. The lowest BCUT2D eigenvalue weighted by Crippen LogP contribution is -2.32. The van der Waals surface area contributed by atoms with Gasteiger partial charge in [0.2, 0.25) is 0 Å². The van der Waals surface area contributed by atoms with Crippen molar-refractivity contribution in [3.05, 3.63) is 57.8 Å². The molecule has 17 heavy (non-hydrogen) atoms. The lowest BCUT2D eigenvalue weighted by atomic mass is 9.73. The van der Waals surface area contributed by atoms with E-state index >= 15 is 0 Å². The van der Waals surface area contributed by atoms with Gasteiger partial charge in [0.15, 0.2) is 0 Å². The number of fused-ring (bicyclic) bond motifs is 1. The third-order valence-electron chi connectivity index (χ3n) is 3.57. The van der Waals surface area contributed by atoms with Crippen LogP contribution in [0.2, 0.25) is 0 Å². The molecule has 1 aliphatic carbocycles. The van der Waals surface area contributed by atoms with E-state index < -0.39 is 0 Å². The van der Waals surface area contributed by atoms with Gasteiger partial charge < -0.3 is 5.32 Å². The molecule has 0 aliphatic heterocycles. The first-order valence-electron chi connectivity index (χ1n) is 6.24. The fourth-order valence-electron chi connectivity index (χ4n) is 2.72. The van der Waals surface area contributed by atoms with E-state index in [1.165, 1.54) is 22.4 Å². The van der Waals surface area contributed by atoms with Crippen molar-refractivity contribution in [2.24, 2.45) is 0 Å². The van der Waals surface area contributed by atoms with Gasteiger partial charge in [0.05, 0.1) is 0 Å². The van der Waals surface area contributed by atoms with Crippen LogP contribution in [-0.4, -0.2) is 6.54 Å². The number of likely N-dealkylation sites (N-methyl/N-ethyl adjacent to an activating group) is 1. The topological polar surface area (TPSA) is 12.0 Å². The molecule has 0 amide bonds. The molecule has 0 spiro atoms. The van der Waals surface area contributed by atoms with Gasteiger partial charge in [-0.15, -0.1) is 11.3 Å². The molecule has 3 rings (SSSR count). The Labute approximate surface area is 106 Å². The van der Waals surface area contributed by atoms with E-state index in [1.807, 2.05) is 11.3 Å². The molecule has 2 heteroatoms. The van der Waals surface area contributed by atoms with E-state index in [1.54, 1.807) is 0 Å². The summed E-state index contributed by atoms with van der Waals surface area (Å²) in [6.45, 7) is 3.21. The van der Waals surface area contributed by atoms with E-state index in [9.17, 15) is 0 Å². The molecular formula is C15H17NS. The van der Waals surface area contributed by atoms with E-state index in [4.69, 9.17) is 0 Å². The minimum Gasteiger partial charge on any atom is -0.309 e. The largest absolute Gasteiger partial charge is 0.309 e. The van der Waals surface area contributed by atoms with Gasteiger partial charge in [-0.2, -0.15) is 0 Å². The summed E-state index contributed by atoms with van der Waals surface area (Å²) in [4.78, 5) is 1.46. The van der Waals surface area contributed by atoms with Crippen LogP contribution in [-0.2, 0) is 6.42 Å². The Kier molecular flexibility index (Phi) is 3.00. The van der Waals surface area contributed by atoms with Crippen molar-refractivity contribution in [2.75, 3.05) is 6.54 Å². The Bertz CT molecular complexity index is 489. The average molecular weight is 243 g/mol. The van der Waals surface area contributed by atoms with Gasteiger partial charge in [0.1, 0.15) is 0 Å². The van der Waals surface area contributed by atoms with Crippen LogP contribution < -0.4 is 5.32 Å². The fourth-order valence-corrected chi connectivity index (χ4v) is 3.59. The quantitative estimate of drug-likeness (QED) is 0.862. The number of benzene rings is 1. The SMILES string of the molecule is CCNC(c1cccs1)C1Cc2ccccc21. The van der Waals surface area contributed by atoms with E-state index in [-0.39, 0.29) is 0 Å². The highest BCUT2D eigenvalue weighted by molar-refractivity contribution is 7.10. The van der Waals surface area contributed by atoms with Gasteiger partial charge in [-0.25, -0.2) is 0 Å². The lowest BCUT2D eigenvalue weighted by Gasteiger charge is -2.36. The van der Waals surface area contributed by atoms with E-state index in [0.717, 1.165) is 6.54 Å². The Hall–Kier alpha value is -1.12. The molecule has 0 saturated carbocycles. The van der Waals surface area contributed by atoms with Crippen molar-refractivity contribution in [3.63, 3.8) is 0 Å². The van der Waals surface area contributed by atoms with Crippen molar-refractivity contribution >= 4 is 11.3 Å². The summed E-state index contributed by atoms with van der Waals surface area (Å²) in [5.74, 6) is 0.657.